The molecule has 0 fully saturated rings. The van der Waals surface area contributed by atoms with Gasteiger partial charge in [-0.25, -0.2) is 0 Å². The Kier molecular flexibility index (Phi) is 2.82. The molecule has 0 aliphatic carbocycles. The van der Waals surface area contributed by atoms with Crippen LogP contribution in [0.4, 0.5) is 11.6 Å². The second-order valence-corrected chi connectivity index (χ2v) is 3.77. The predicted molar refractivity (Wildman–Crippen MR) is 61.2 cm³/mol. The molecule has 0 aromatic carbocycles. The van der Waals surface area contributed by atoms with Crippen molar-refractivity contribution in [1.29, 1.82) is 0 Å². The lowest BCUT2D eigenvalue weighted by Crippen LogP contribution is -2.19. The molecular formula is C10H13N5O2. The van der Waals surface area contributed by atoms with Crippen molar-refractivity contribution in [2.75, 3.05) is 11.1 Å². The monoisotopic (exact) mass is 235 g/mol. The third kappa shape index (κ3) is 2.63. The summed E-state index contributed by atoms with van der Waals surface area (Å²) >= 11 is 0. The quantitative estimate of drug-likeness (QED) is 0.816. The summed E-state index contributed by atoms with van der Waals surface area (Å²) in [5.41, 5.74) is 6.42. The lowest BCUT2D eigenvalue weighted by molar-refractivity contribution is -0.116. The van der Waals surface area contributed by atoms with Crippen molar-refractivity contribution in [3.05, 3.63) is 23.6 Å². The van der Waals surface area contributed by atoms with E-state index in [9.17, 15) is 4.79 Å². The molecule has 90 valence electrons. The fourth-order valence-electron chi connectivity index (χ4n) is 1.37. The van der Waals surface area contributed by atoms with Crippen molar-refractivity contribution in [2.24, 2.45) is 0 Å². The van der Waals surface area contributed by atoms with Crippen LogP contribution in [0.5, 0.6) is 0 Å². The first-order chi connectivity index (χ1) is 8.04. The molecule has 0 aliphatic heterocycles. The lowest BCUT2D eigenvalue weighted by Gasteiger charge is -2.00. The molecule has 2 rings (SSSR count). The number of hydrogen-bond donors (Lipinski definition) is 2. The number of amides is 1. The van der Waals surface area contributed by atoms with Crippen molar-refractivity contribution in [1.82, 2.24) is 14.9 Å². The van der Waals surface area contributed by atoms with Gasteiger partial charge in [0, 0.05) is 17.8 Å². The van der Waals surface area contributed by atoms with Gasteiger partial charge in [0.15, 0.2) is 5.82 Å². The number of nitrogens with two attached hydrogens (primary N) is 1. The Morgan fingerprint density at radius 2 is 2.35 bits per heavy atom. The number of nitrogen functional groups attached to an aromatic ring is 1. The van der Waals surface area contributed by atoms with E-state index in [2.05, 4.69) is 15.6 Å². The number of aromatic nitrogens is 3. The number of rotatable bonds is 3. The first kappa shape index (κ1) is 11.2. The van der Waals surface area contributed by atoms with E-state index in [-0.39, 0.29) is 12.5 Å². The van der Waals surface area contributed by atoms with Crippen LogP contribution in [-0.2, 0) is 11.3 Å². The minimum absolute atomic E-state index is 0.0872. The van der Waals surface area contributed by atoms with Crippen LogP contribution in [0.1, 0.15) is 11.3 Å². The fraction of sp³-hybridized carbons (Fsp3) is 0.300. The molecule has 2 heterocycles. The summed E-state index contributed by atoms with van der Waals surface area (Å²) in [6.07, 6.45) is 1.71. The lowest BCUT2D eigenvalue weighted by atomic mass is 10.4. The summed E-state index contributed by atoms with van der Waals surface area (Å²) in [6, 6.07) is 1.64. The third-order valence-electron chi connectivity index (χ3n) is 2.18. The SMILES string of the molecule is Cc1cc(NC(=O)Cn2cc(C)c(N)n2)no1. The zero-order chi connectivity index (χ0) is 12.4. The molecule has 2 aromatic rings. The van der Waals surface area contributed by atoms with E-state index < -0.39 is 0 Å². The van der Waals surface area contributed by atoms with Crippen molar-refractivity contribution in [3.8, 4) is 0 Å². The molecule has 3 N–H and O–H groups in total. The molecule has 0 aliphatic rings. The van der Waals surface area contributed by atoms with Crippen molar-refractivity contribution in [2.45, 2.75) is 20.4 Å². The van der Waals surface area contributed by atoms with E-state index in [0.29, 0.717) is 17.4 Å². The highest BCUT2D eigenvalue weighted by atomic mass is 16.5. The molecule has 17 heavy (non-hydrogen) atoms. The standard InChI is InChI=1S/C10H13N5O2/c1-6-4-15(13-10(6)11)5-9(16)12-8-3-7(2)17-14-8/h3-4H,5H2,1-2H3,(H2,11,13)(H,12,14,16). The number of anilines is 2. The van der Waals surface area contributed by atoms with E-state index in [1.807, 2.05) is 6.92 Å². The number of carbonyl (C=O) groups excluding carboxylic acids is 1. The first-order valence-corrected chi connectivity index (χ1v) is 5.07. The van der Waals surface area contributed by atoms with Gasteiger partial charge in [-0.2, -0.15) is 5.10 Å². The van der Waals surface area contributed by atoms with Gasteiger partial charge in [0.05, 0.1) is 0 Å². The average Bonchev–Trinajstić information content (AvgIpc) is 2.75. The highest BCUT2D eigenvalue weighted by Crippen LogP contribution is 2.08. The summed E-state index contributed by atoms with van der Waals surface area (Å²) in [6.45, 7) is 3.67. The fourth-order valence-corrected chi connectivity index (χ4v) is 1.37. The van der Waals surface area contributed by atoms with Gasteiger partial charge in [0.25, 0.3) is 0 Å². The second-order valence-electron chi connectivity index (χ2n) is 3.77. The maximum Gasteiger partial charge on any atom is 0.247 e. The van der Waals surface area contributed by atoms with Crippen molar-refractivity contribution >= 4 is 17.5 Å². The van der Waals surface area contributed by atoms with Crippen LogP contribution in [0.2, 0.25) is 0 Å². The molecule has 0 unspecified atom stereocenters. The van der Waals surface area contributed by atoms with Gasteiger partial charge in [-0.05, 0) is 13.8 Å². The van der Waals surface area contributed by atoms with Crippen molar-refractivity contribution < 1.29 is 9.32 Å². The Morgan fingerprint density at radius 1 is 1.59 bits per heavy atom. The Hall–Kier alpha value is -2.31. The molecule has 0 saturated heterocycles. The van der Waals surface area contributed by atoms with Gasteiger partial charge in [-0.15, -0.1) is 0 Å². The van der Waals surface area contributed by atoms with Gasteiger partial charge in [-0.3, -0.25) is 9.48 Å². The van der Waals surface area contributed by atoms with Crippen LogP contribution >= 0.6 is 0 Å². The van der Waals surface area contributed by atoms with Crippen LogP contribution in [0, 0.1) is 13.8 Å². The van der Waals surface area contributed by atoms with Crippen molar-refractivity contribution in [3.63, 3.8) is 0 Å². The third-order valence-corrected chi connectivity index (χ3v) is 2.18. The van der Waals surface area contributed by atoms with Gasteiger partial charge < -0.3 is 15.6 Å². The van der Waals surface area contributed by atoms with Gasteiger partial charge in [-0.1, -0.05) is 5.16 Å². The smallest absolute Gasteiger partial charge is 0.247 e. The normalized spacial score (nSPS) is 10.5. The first-order valence-electron chi connectivity index (χ1n) is 5.07. The van der Waals surface area contributed by atoms with Gasteiger partial charge in [0.1, 0.15) is 18.1 Å². The molecule has 0 bridgehead atoms. The topological polar surface area (TPSA) is 99.0 Å². The maximum absolute atomic E-state index is 11.6. The number of aryl methyl sites for hydroxylation is 2. The van der Waals surface area contributed by atoms with Crippen LogP contribution < -0.4 is 11.1 Å². The Bertz CT molecular complexity index is 523. The molecule has 0 saturated carbocycles. The van der Waals surface area contributed by atoms with E-state index in [4.69, 9.17) is 10.3 Å². The van der Waals surface area contributed by atoms with Crippen LogP contribution in [0.15, 0.2) is 16.8 Å². The zero-order valence-corrected chi connectivity index (χ0v) is 9.60. The number of nitrogens with one attached hydrogen (secondary N) is 1. The molecule has 7 nitrogen and oxygen atoms in total. The Labute approximate surface area is 97.6 Å². The molecule has 7 heteroatoms. The van der Waals surface area contributed by atoms with Crippen LogP contribution in [-0.4, -0.2) is 20.8 Å². The number of nitrogens with zero attached hydrogens (tertiary/aromatic N) is 3. The largest absolute Gasteiger partial charge is 0.382 e. The molecule has 0 radical (unpaired) electrons. The van der Waals surface area contributed by atoms with E-state index in [1.54, 1.807) is 19.2 Å². The molecule has 2 aromatic heterocycles. The molecule has 0 spiro atoms. The summed E-state index contributed by atoms with van der Waals surface area (Å²) < 4.78 is 6.31. The highest BCUT2D eigenvalue weighted by molar-refractivity contribution is 5.89. The average molecular weight is 235 g/mol. The van der Waals surface area contributed by atoms with Gasteiger partial charge >= 0.3 is 0 Å². The Balaban J connectivity index is 1.97. The van der Waals surface area contributed by atoms with E-state index >= 15 is 0 Å². The highest BCUT2D eigenvalue weighted by Gasteiger charge is 2.08. The molecule has 0 atom stereocenters. The van der Waals surface area contributed by atoms with Crippen LogP contribution in [0.3, 0.4) is 0 Å². The van der Waals surface area contributed by atoms with Gasteiger partial charge in [0.2, 0.25) is 5.91 Å². The van der Waals surface area contributed by atoms with Crippen LogP contribution in [0.25, 0.3) is 0 Å². The summed E-state index contributed by atoms with van der Waals surface area (Å²) in [5.74, 6) is 1.22. The van der Waals surface area contributed by atoms with E-state index in [1.165, 1.54) is 4.68 Å². The second kappa shape index (κ2) is 4.28. The molecular weight excluding hydrogens is 222 g/mol. The maximum atomic E-state index is 11.6. The summed E-state index contributed by atoms with van der Waals surface area (Å²) in [5, 5.41) is 10.2. The Morgan fingerprint density at radius 3 is 2.88 bits per heavy atom. The predicted octanol–water partition coefficient (Wildman–Crippen LogP) is 0.709. The number of hydrogen-bond acceptors (Lipinski definition) is 5. The minimum atomic E-state index is -0.235. The summed E-state index contributed by atoms with van der Waals surface area (Å²) in [7, 11) is 0. The van der Waals surface area contributed by atoms with E-state index in [0.717, 1.165) is 5.56 Å². The summed E-state index contributed by atoms with van der Waals surface area (Å²) in [4.78, 5) is 11.6. The molecule has 1 amide bonds. The zero-order valence-electron chi connectivity index (χ0n) is 9.60. The minimum Gasteiger partial charge on any atom is -0.382 e. The number of carbonyl (C=O) groups is 1.